The van der Waals surface area contributed by atoms with Crippen molar-refractivity contribution in [1.82, 2.24) is 5.43 Å². The van der Waals surface area contributed by atoms with Gasteiger partial charge in [0.15, 0.2) is 17.3 Å². The van der Waals surface area contributed by atoms with Crippen LogP contribution in [0.15, 0.2) is 91.3 Å². The highest BCUT2D eigenvalue weighted by Gasteiger charge is 2.15. The van der Waals surface area contributed by atoms with Crippen LogP contribution in [0.3, 0.4) is 0 Å². The molecule has 6 nitrogen and oxygen atoms in total. The third kappa shape index (κ3) is 6.05. The molecule has 1 aromatic heterocycles. The van der Waals surface area contributed by atoms with Crippen LogP contribution < -0.4 is 14.9 Å². The molecule has 0 radical (unpaired) electrons. The van der Waals surface area contributed by atoms with Crippen molar-refractivity contribution in [2.24, 2.45) is 5.10 Å². The summed E-state index contributed by atoms with van der Waals surface area (Å²) in [7, 11) is 0. The minimum Gasteiger partial charge on any atom is -0.490 e. The van der Waals surface area contributed by atoms with Gasteiger partial charge in [-0.1, -0.05) is 52.3 Å². The summed E-state index contributed by atoms with van der Waals surface area (Å²) < 4.78 is 20.3. The van der Waals surface area contributed by atoms with Gasteiger partial charge in [0, 0.05) is 9.86 Å². The lowest BCUT2D eigenvalue weighted by atomic mass is 10.1. The molecule has 0 aliphatic rings. The van der Waals surface area contributed by atoms with E-state index < -0.39 is 5.91 Å². The number of hydrogen-bond donors (Lipinski definition) is 1. The van der Waals surface area contributed by atoms with Gasteiger partial charge in [-0.3, -0.25) is 4.79 Å². The summed E-state index contributed by atoms with van der Waals surface area (Å²) in [5, 5.41) is 7.28. The molecule has 5 aromatic rings. The molecule has 0 spiro atoms. The highest BCUT2D eigenvalue weighted by atomic mass is 127. The monoisotopic (exact) mass is 746 g/mol. The number of carbonyl (C=O) groups excluding carboxylic acids is 1. The van der Waals surface area contributed by atoms with Gasteiger partial charge in [-0.2, -0.15) is 5.10 Å². The maximum Gasteiger partial charge on any atom is 0.307 e. The molecule has 0 unspecified atom stereocenters. The predicted molar refractivity (Wildman–Crippen MR) is 165 cm³/mol. The van der Waals surface area contributed by atoms with Crippen LogP contribution in [0.1, 0.15) is 28.6 Å². The molecule has 9 heteroatoms. The third-order valence-electron chi connectivity index (χ3n) is 5.67. The topological polar surface area (TPSA) is 73.1 Å². The first kappa shape index (κ1) is 26.7. The number of benzene rings is 4. The van der Waals surface area contributed by atoms with Gasteiger partial charge >= 0.3 is 5.91 Å². The number of fused-ring (bicyclic) bond motifs is 2. The van der Waals surface area contributed by atoms with Crippen LogP contribution in [-0.4, -0.2) is 18.7 Å². The number of rotatable bonds is 8. The Morgan fingerprint density at radius 1 is 1.00 bits per heavy atom. The van der Waals surface area contributed by atoms with Crippen molar-refractivity contribution >= 4 is 88.3 Å². The lowest BCUT2D eigenvalue weighted by molar-refractivity contribution is 0.0929. The molecule has 4 aromatic carbocycles. The molecular weight excluding hydrogens is 727 g/mol. The second-order valence-electron chi connectivity index (χ2n) is 8.35. The fourth-order valence-corrected chi connectivity index (χ4v) is 6.08. The molecule has 0 saturated heterocycles. The number of halogens is 3. The van der Waals surface area contributed by atoms with E-state index in [0.717, 1.165) is 29.0 Å². The van der Waals surface area contributed by atoms with Gasteiger partial charge in [0.05, 0.1) is 20.9 Å². The number of nitrogens with one attached hydrogen (secondary N) is 1. The van der Waals surface area contributed by atoms with Crippen LogP contribution in [-0.2, 0) is 6.61 Å². The Labute approximate surface area is 249 Å². The summed E-state index contributed by atoms with van der Waals surface area (Å²) in [5.41, 5.74) is 4.95. The van der Waals surface area contributed by atoms with E-state index in [1.807, 2.05) is 43.3 Å². The normalized spacial score (nSPS) is 11.4. The number of hydrogen-bond acceptors (Lipinski definition) is 5. The molecule has 0 atom stereocenters. The van der Waals surface area contributed by atoms with Gasteiger partial charge < -0.3 is 13.9 Å². The number of nitrogens with zero attached hydrogens (tertiary/aromatic N) is 1. The van der Waals surface area contributed by atoms with Crippen molar-refractivity contribution in [1.29, 1.82) is 0 Å². The van der Waals surface area contributed by atoms with E-state index in [0.29, 0.717) is 30.3 Å². The molecular formula is C29H21Br2IN2O4. The Kier molecular flexibility index (Phi) is 8.35. The molecule has 1 amide bonds. The Bertz CT molecular complexity index is 1680. The molecule has 0 aliphatic heterocycles. The van der Waals surface area contributed by atoms with Crippen molar-refractivity contribution in [3.8, 4) is 11.5 Å². The van der Waals surface area contributed by atoms with E-state index in [4.69, 9.17) is 13.9 Å². The molecule has 1 heterocycles. The number of amides is 1. The van der Waals surface area contributed by atoms with Crippen LogP contribution in [0, 0.1) is 3.57 Å². The molecule has 0 bridgehead atoms. The molecule has 0 saturated carbocycles. The van der Waals surface area contributed by atoms with E-state index in [-0.39, 0.29) is 5.76 Å². The van der Waals surface area contributed by atoms with Gasteiger partial charge in [-0.25, -0.2) is 5.43 Å². The van der Waals surface area contributed by atoms with E-state index >= 15 is 0 Å². The van der Waals surface area contributed by atoms with Gasteiger partial charge in [0.25, 0.3) is 0 Å². The van der Waals surface area contributed by atoms with Crippen LogP contribution in [0.2, 0.25) is 0 Å². The van der Waals surface area contributed by atoms with Crippen molar-refractivity contribution < 1.29 is 18.7 Å². The Balaban J connectivity index is 1.30. The Hall–Kier alpha value is -2.89. The molecule has 192 valence electrons. The average molecular weight is 748 g/mol. The Morgan fingerprint density at radius 3 is 2.63 bits per heavy atom. The van der Waals surface area contributed by atoms with Crippen molar-refractivity contribution in [3.63, 3.8) is 0 Å². The first-order chi connectivity index (χ1) is 18.4. The summed E-state index contributed by atoms with van der Waals surface area (Å²) in [6.45, 7) is 2.82. The fraction of sp³-hybridized carbons (Fsp3) is 0.103. The first-order valence-electron chi connectivity index (χ1n) is 11.7. The summed E-state index contributed by atoms with van der Waals surface area (Å²) in [6.07, 6.45) is 1.56. The molecule has 0 aliphatic carbocycles. The minimum absolute atomic E-state index is 0.165. The van der Waals surface area contributed by atoms with E-state index in [1.54, 1.807) is 12.3 Å². The number of carbonyl (C=O) groups is 1. The molecule has 38 heavy (non-hydrogen) atoms. The molecule has 5 rings (SSSR count). The van der Waals surface area contributed by atoms with E-state index in [9.17, 15) is 4.79 Å². The van der Waals surface area contributed by atoms with Crippen molar-refractivity contribution in [2.45, 2.75) is 13.5 Å². The van der Waals surface area contributed by atoms with Gasteiger partial charge in [-0.15, -0.1) is 0 Å². The van der Waals surface area contributed by atoms with Crippen LogP contribution in [0.5, 0.6) is 11.5 Å². The van der Waals surface area contributed by atoms with E-state index in [1.165, 1.54) is 10.8 Å². The highest BCUT2D eigenvalue weighted by Crippen LogP contribution is 2.35. The summed E-state index contributed by atoms with van der Waals surface area (Å²) in [6, 6.07) is 23.7. The lowest BCUT2D eigenvalue weighted by Gasteiger charge is -2.15. The van der Waals surface area contributed by atoms with Crippen LogP contribution in [0.4, 0.5) is 0 Å². The third-order valence-corrected chi connectivity index (χ3v) is 7.52. The maximum absolute atomic E-state index is 12.6. The van der Waals surface area contributed by atoms with Crippen LogP contribution >= 0.6 is 54.5 Å². The molecule has 1 N–H and O–H groups in total. The standard InChI is InChI=1S/C29H21Br2IN2O4/c1-2-36-25-11-18(15-33-34-29(35)26-13-21-12-22(30)14-23(31)27(21)38-26)10-24(32)28(25)37-16-17-7-8-19-5-3-4-6-20(19)9-17/h3-15H,2,16H2,1H3,(H,34,35)/b33-15-. The van der Waals surface area contributed by atoms with Gasteiger partial charge in [0.1, 0.15) is 12.2 Å². The summed E-state index contributed by atoms with van der Waals surface area (Å²) in [4.78, 5) is 12.6. The zero-order valence-corrected chi connectivity index (χ0v) is 25.5. The van der Waals surface area contributed by atoms with Crippen molar-refractivity contribution in [3.05, 3.63) is 102 Å². The molecule has 0 fully saturated rings. The first-order valence-corrected chi connectivity index (χ1v) is 14.4. The average Bonchev–Trinajstić information content (AvgIpc) is 3.33. The fourth-order valence-electron chi connectivity index (χ4n) is 3.96. The number of hydrazone groups is 1. The zero-order chi connectivity index (χ0) is 26.6. The van der Waals surface area contributed by atoms with Crippen LogP contribution in [0.25, 0.3) is 21.7 Å². The maximum atomic E-state index is 12.6. The quantitative estimate of drug-likeness (QED) is 0.0983. The summed E-state index contributed by atoms with van der Waals surface area (Å²) >= 11 is 9.11. The Morgan fingerprint density at radius 2 is 1.82 bits per heavy atom. The van der Waals surface area contributed by atoms with Crippen molar-refractivity contribution in [2.75, 3.05) is 6.61 Å². The van der Waals surface area contributed by atoms with Gasteiger partial charge in [0.2, 0.25) is 0 Å². The van der Waals surface area contributed by atoms with Gasteiger partial charge in [-0.05, 0) is 104 Å². The minimum atomic E-state index is -0.449. The zero-order valence-electron chi connectivity index (χ0n) is 20.1. The number of furan rings is 1. The number of ether oxygens (including phenoxy) is 2. The second-order valence-corrected chi connectivity index (χ2v) is 11.3. The SMILES string of the molecule is CCOc1cc(/C=N\NC(=O)c2cc3cc(Br)cc(Br)c3o2)cc(I)c1OCc1ccc2ccccc2c1. The predicted octanol–water partition coefficient (Wildman–Crippen LogP) is 8.46. The lowest BCUT2D eigenvalue weighted by Crippen LogP contribution is -2.16. The second kappa shape index (κ2) is 11.9. The van der Waals surface area contributed by atoms with E-state index in [2.05, 4.69) is 95.3 Å². The largest absolute Gasteiger partial charge is 0.490 e. The smallest absolute Gasteiger partial charge is 0.307 e. The summed E-state index contributed by atoms with van der Waals surface area (Å²) in [5.74, 6) is 0.995. The highest BCUT2D eigenvalue weighted by molar-refractivity contribution is 14.1.